The lowest BCUT2D eigenvalue weighted by Gasteiger charge is -2.47. The van der Waals surface area contributed by atoms with E-state index in [1.54, 1.807) is 6.92 Å². The quantitative estimate of drug-likeness (QED) is 0.266. The lowest BCUT2D eigenvalue weighted by molar-refractivity contribution is -0.158. The molecule has 14 nitrogen and oxygen atoms in total. The fourth-order valence-corrected chi connectivity index (χ4v) is 8.24. The van der Waals surface area contributed by atoms with E-state index < -0.39 is 17.9 Å². The van der Waals surface area contributed by atoms with Crippen molar-refractivity contribution >= 4 is 35.5 Å². The molecular weight excluding hydrogens is 526 g/mol. The molecule has 6 atom stereocenters. The molecule has 6 rings (SSSR count). The fourth-order valence-electron chi connectivity index (χ4n) is 6.76. The van der Waals surface area contributed by atoms with Gasteiger partial charge in [0.05, 0.1) is 18.0 Å². The minimum atomic E-state index is -1.14. The van der Waals surface area contributed by atoms with Gasteiger partial charge in [-0.1, -0.05) is 6.92 Å². The first-order chi connectivity index (χ1) is 18.7. The van der Waals surface area contributed by atoms with Crippen LogP contribution in [-0.4, -0.2) is 115 Å². The second kappa shape index (κ2) is 9.86. The summed E-state index contributed by atoms with van der Waals surface area (Å²) >= 11 is 1.47. The summed E-state index contributed by atoms with van der Waals surface area (Å²) in [6.45, 7) is 7.73. The SMILES string of the molecule is CC(NC(=O)Cn1cnnn1)[C@H]1C(=O)N2C(C(=O)O)=C(S[C@@H]3CN[C@H](C(=O)N4CCC5(CNC5)C4)C3)[C@H](C)[C@H]12. The van der Waals surface area contributed by atoms with Crippen molar-refractivity contribution in [3.63, 3.8) is 0 Å². The molecule has 1 aromatic heterocycles. The Bertz CT molecular complexity index is 1220. The standard InChI is InChI=1S/C24H33N9O5S/c1-12-18-17(13(2)28-16(34)7-32-11-27-29-30-32)22(36)33(18)19(23(37)38)20(12)39-14-5-15(26-6-14)21(35)31-4-3-24(10-31)8-25-9-24/h11-15,17-18,25-26H,3-10H2,1-2H3,(H,28,34)(H,37,38)/t12-,13?,14+,15+,17-,18-/m1/s1. The summed E-state index contributed by atoms with van der Waals surface area (Å²) in [5.74, 6) is -2.39. The van der Waals surface area contributed by atoms with Crippen LogP contribution in [0.3, 0.4) is 0 Å². The van der Waals surface area contributed by atoms with E-state index in [4.69, 9.17) is 0 Å². The fraction of sp³-hybridized carbons (Fsp3) is 0.708. The maximum atomic E-state index is 13.2. The van der Waals surface area contributed by atoms with Crippen molar-refractivity contribution in [3.05, 3.63) is 16.9 Å². The highest BCUT2D eigenvalue weighted by Gasteiger charge is 2.60. The van der Waals surface area contributed by atoms with Gasteiger partial charge in [-0.05, 0) is 30.2 Å². The molecule has 1 aromatic rings. The summed E-state index contributed by atoms with van der Waals surface area (Å²) in [5, 5.41) is 30.3. The third kappa shape index (κ3) is 4.49. The molecule has 0 radical (unpaired) electrons. The third-order valence-corrected chi connectivity index (χ3v) is 10.4. The molecule has 3 amide bonds. The number of carboxylic acid groups (broad SMARTS) is 1. The van der Waals surface area contributed by atoms with E-state index in [0.29, 0.717) is 17.9 Å². The Kier molecular flexibility index (Phi) is 6.62. The van der Waals surface area contributed by atoms with Gasteiger partial charge in [-0.15, -0.1) is 16.9 Å². The Morgan fingerprint density at radius 1 is 1.33 bits per heavy atom. The number of carbonyl (C=O) groups excluding carboxylic acids is 3. The number of β-lactam (4-membered cyclic amide) rings is 1. The van der Waals surface area contributed by atoms with Crippen LogP contribution in [0.25, 0.3) is 0 Å². The number of rotatable bonds is 8. The van der Waals surface area contributed by atoms with E-state index in [9.17, 15) is 24.3 Å². The normalized spacial score (nSPS) is 31.7. The van der Waals surface area contributed by atoms with Crippen LogP contribution in [-0.2, 0) is 25.7 Å². The second-order valence-electron chi connectivity index (χ2n) is 11.4. The smallest absolute Gasteiger partial charge is 0.353 e. The molecule has 210 valence electrons. The molecule has 0 bridgehead atoms. The van der Waals surface area contributed by atoms with Crippen molar-refractivity contribution in [2.75, 3.05) is 32.7 Å². The number of nitrogens with one attached hydrogen (secondary N) is 3. The molecule has 39 heavy (non-hydrogen) atoms. The van der Waals surface area contributed by atoms with Crippen LogP contribution >= 0.6 is 11.8 Å². The van der Waals surface area contributed by atoms with Crippen molar-refractivity contribution in [3.8, 4) is 0 Å². The molecule has 4 fully saturated rings. The molecule has 4 saturated heterocycles. The van der Waals surface area contributed by atoms with Gasteiger partial charge in [0.25, 0.3) is 0 Å². The summed E-state index contributed by atoms with van der Waals surface area (Å²) in [6.07, 6.45) is 2.97. The van der Waals surface area contributed by atoms with E-state index in [1.807, 2.05) is 11.8 Å². The molecule has 5 aliphatic heterocycles. The van der Waals surface area contributed by atoms with Crippen molar-refractivity contribution in [1.82, 2.24) is 46.0 Å². The minimum Gasteiger partial charge on any atom is -0.477 e. The van der Waals surface area contributed by atoms with E-state index >= 15 is 0 Å². The summed E-state index contributed by atoms with van der Waals surface area (Å²) in [5.41, 5.74) is 0.267. The first-order valence-electron chi connectivity index (χ1n) is 13.4. The van der Waals surface area contributed by atoms with Crippen molar-refractivity contribution < 1.29 is 24.3 Å². The highest BCUT2D eigenvalue weighted by Crippen LogP contribution is 2.52. The number of tetrazole rings is 1. The van der Waals surface area contributed by atoms with Crippen LogP contribution in [0, 0.1) is 17.3 Å². The van der Waals surface area contributed by atoms with Gasteiger partial charge in [-0.2, -0.15) is 0 Å². The summed E-state index contributed by atoms with van der Waals surface area (Å²) in [4.78, 5) is 55.1. The van der Waals surface area contributed by atoms with Crippen LogP contribution in [0.15, 0.2) is 16.9 Å². The molecule has 4 N–H and O–H groups in total. The molecule has 0 aliphatic carbocycles. The molecule has 5 aliphatic rings. The average molecular weight is 560 g/mol. The number of aliphatic carboxylic acids is 1. The van der Waals surface area contributed by atoms with Crippen molar-refractivity contribution in [2.24, 2.45) is 17.3 Å². The highest BCUT2D eigenvalue weighted by molar-refractivity contribution is 8.03. The van der Waals surface area contributed by atoms with Gasteiger partial charge in [-0.25, -0.2) is 9.48 Å². The monoisotopic (exact) mass is 559 g/mol. The van der Waals surface area contributed by atoms with Crippen molar-refractivity contribution in [1.29, 1.82) is 0 Å². The summed E-state index contributed by atoms with van der Waals surface area (Å²) in [6, 6.07) is -1.12. The van der Waals surface area contributed by atoms with Gasteiger partial charge in [0.2, 0.25) is 17.7 Å². The predicted octanol–water partition coefficient (Wildman–Crippen LogP) is -1.76. The van der Waals surface area contributed by atoms with Crippen LogP contribution < -0.4 is 16.0 Å². The van der Waals surface area contributed by atoms with Gasteiger partial charge >= 0.3 is 5.97 Å². The molecule has 6 heterocycles. The molecule has 15 heteroatoms. The Labute approximate surface area is 229 Å². The summed E-state index contributed by atoms with van der Waals surface area (Å²) < 4.78 is 1.29. The van der Waals surface area contributed by atoms with Crippen LogP contribution in [0.1, 0.15) is 26.7 Å². The topological polar surface area (TPSA) is 175 Å². The largest absolute Gasteiger partial charge is 0.477 e. The number of aromatic nitrogens is 4. The first-order valence-corrected chi connectivity index (χ1v) is 14.3. The average Bonchev–Trinajstić information content (AvgIpc) is 3.65. The third-order valence-electron chi connectivity index (χ3n) is 8.85. The number of hydrogen-bond donors (Lipinski definition) is 4. The van der Waals surface area contributed by atoms with Gasteiger partial charge in [0.15, 0.2) is 0 Å². The molecular formula is C24H33N9O5S. The number of amides is 3. The van der Waals surface area contributed by atoms with Gasteiger partial charge in [-0.3, -0.25) is 14.4 Å². The van der Waals surface area contributed by atoms with E-state index in [0.717, 1.165) is 32.6 Å². The van der Waals surface area contributed by atoms with Crippen LogP contribution in [0.5, 0.6) is 0 Å². The van der Waals surface area contributed by atoms with E-state index in [2.05, 4.69) is 31.5 Å². The van der Waals surface area contributed by atoms with Gasteiger partial charge in [0.1, 0.15) is 18.6 Å². The maximum absolute atomic E-state index is 13.2. The number of fused-ring (bicyclic) bond motifs is 1. The minimum absolute atomic E-state index is 0.0216. The first kappa shape index (κ1) is 26.2. The van der Waals surface area contributed by atoms with Crippen molar-refractivity contribution in [2.45, 2.75) is 56.6 Å². The second-order valence-corrected chi connectivity index (χ2v) is 12.8. The van der Waals surface area contributed by atoms with Crippen LogP contribution in [0.4, 0.5) is 0 Å². The Balaban J connectivity index is 1.09. The number of nitrogens with zero attached hydrogens (tertiary/aromatic N) is 6. The lowest BCUT2D eigenvalue weighted by Crippen LogP contribution is -2.66. The zero-order valence-electron chi connectivity index (χ0n) is 21.9. The number of carboxylic acids is 1. The molecule has 0 aromatic carbocycles. The number of thioether (sulfide) groups is 1. The Hall–Kier alpha value is -3.04. The van der Waals surface area contributed by atoms with Gasteiger partial charge in [0, 0.05) is 60.3 Å². The van der Waals surface area contributed by atoms with E-state index in [1.165, 1.54) is 27.7 Å². The predicted molar refractivity (Wildman–Crippen MR) is 138 cm³/mol. The number of carbonyl (C=O) groups is 4. The number of likely N-dealkylation sites (tertiary alicyclic amines) is 1. The Morgan fingerprint density at radius 2 is 2.13 bits per heavy atom. The highest BCUT2D eigenvalue weighted by atomic mass is 32.2. The molecule has 1 unspecified atom stereocenters. The van der Waals surface area contributed by atoms with E-state index in [-0.39, 0.29) is 58.6 Å². The van der Waals surface area contributed by atoms with Crippen LogP contribution in [0.2, 0.25) is 0 Å². The zero-order valence-corrected chi connectivity index (χ0v) is 22.7. The number of hydrogen-bond acceptors (Lipinski definition) is 10. The lowest BCUT2D eigenvalue weighted by atomic mass is 9.78. The summed E-state index contributed by atoms with van der Waals surface area (Å²) in [7, 11) is 0. The van der Waals surface area contributed by atoms with Gasteiger partial charge < -0.3 is 30.9 Å². The Morgan fingerprint density at radius 3 is 2.77 bits per heavy atom. The maximum Gasteiger partial charge on any atom is 0.353 e. The molecule has 1 spiro atoms. The molecule has 0 saturated carbocycles. The zero-order chi connectivity index (χ0) is 27.5.